The Labute approximate surface area is 157 Å². The number of aldehydes is 1. The zero-order valence-corrected chi connectivity index (χ0v) is 15.3. The first-order valence-electron chi connectivity index (χ1n) is 8.49. The van der Waals surface area contributed by atoms with E-state index in [1.54, 1.807) is 30.1 Å². The van der Waals surface area contributed by atoms with E-state index in [4.69, 9.17) is 18.9 Å². The van der Waals surface area contributed by atoms with Crippen molar-refractivity contribution in [3.63, 3.8) is 0 Å². The third-order valence-corrected chi connectivity index (χ3v) is 4.15. The average Bonchev–Trinajstić information content (AvgIpc) is 2.71. The minimum Gasteiger partial charge on any atom is -0.497 e. The van der Waals surface area contributed by atoms with Crippen LogP contribution in [0, 0.1) is 0 Å². The molecule has 1 aliphatic rings. The molecule has 7 heteroatoms. The van der Waals surface area contributed by atoms with Gasteiger partial charge in [0.2, 0.25) is 0 Å². The molecule has 27 heavy (non-hydrogen) atoms. The molecule has 0 N–H and O–H groups in total. The zero-order chi connectivity index (χ0) is 19.2. The van der Waals surface area contributed by atoms with Gasteiger partial charge in [-0.2, -0.15) is 0 Å². The van der Waals surface area contributed by atoms with Crippen LogP contribution in [-0.2, 0) is 11.3 Å². The second-order valence-corrected chi connectivity index (χ2v) is 6.04. The van der Waals surface area contributed by atoms with Crippen molar-refractivity contribution in [2.24, 2.45) is 0 Å². The van der Waals surface area contributed by atoms with Crippen molar-refractivity contribution in [3.8, 4) is 23.0 Å². The summed E-state index contributed by atoms with van der Waals surface area (Å²) in [5, 5.41) is 0. The van der Waals surface area contributed by atoms with E-state index in [-0.39, 0.29) is 12.5 Å². The Bertz CT molecular complexity index is 835. The van der Waals surface area contributed by atoms with Gasteiger partial charge in [0, 0.05) is 13.6 Å². The van der Waals surface area contributed by atoms with E-state index in [0.29, 0.717) is 54.6 Å². The van der Waals surface area contributed by atoms with Gasteiger partial charge in [0.1, 0.15) is 24.7 Å². The van der Waals surface area contributed by atoms with Crippen molar-refractivity contribution in [1.29, 1.82) is 0 Å². The lowest BCUT2D eigenvalue weighted by Crippen LogP contribution is -2.31. The molecule has 0 atom stereocenters. The van der Waals surface area contributed by atoms with Crippen LogP contribution in [0.5, 0.6) is 23.0 Å². The normalized spacial score (nSPS) is 12.2. The summed E-state index contributed by atoms with van der Waals surface area (Å²) in [5.74, 6) is 2.07. The number of carbonyl (C=O) groups excluding carboxylic acids is 2. The Hall–Kier alpha value is -3.22. The molecule has 0 aliphatic carbocycles. The molecule has 2 aromatic rings. The largest absolute Gasteiger partial charge is 0.497 e. The summed E-state index contributed by atoms with van der Waals surface area (Å²) in [6.45, 7) is 1.28. The smallest absolute Gasteiger partial charge is 0.260 e. The lowest BCUT2D eigenvalue weighted by molar-refractivity contribution is -0.132. The van der Waals surface area contributed by atoms with Gasteiger partial charge in [0.15, 0.2) is 24.4 Å². The molecule has 0 saturated heterocycles. The number of fused-ring (bicyclic) bond motifs is 1. The number of rotatable bonds is 7. The summed E-state index contributed by atoms with van der Waals surface area (Å²) < 4.78 is 21.6. The number of nitrogens with zero attached hydrogens (tertiary/aromatic N) is 1. The first kappa shape index (κ1) is 18.6. The van der Waals surface area contributed by atoms with Crippen LogP contribution < -0.4 is 18.9 Å². The van der Waals surface area contributed by atoms with Crippen LogP contribution in [0.3, 0.4) is 0 Å². The van der Waals surface area contributed by atoms with Crippen LogP contribution in [-0.4, -0.2) is 51.1 Å². The van der Waals surface area contributed by atoms with Crippen LogP contribution in [0.25, 0.3) is 0 Å². The molecule has 0 aromatic heterocycles. The molecular formula is C20H21NO6. The van der Waals surface area contributed by atoms with Crippen molar-refractivity contribution in [2.45, 2.75) is 6.54 Å². The van der Waals surface area contributed by atoms with E-state index < -0.39 is 0 Å². The van der Waals surface area contributed by atoms with Crippen LogP contribution in [0.15, 0.2) is 36.4 Å². The molecule has 0 spiro atoms. The summed E-state index contributed by atoms with van der Waals surface area (Å²) in [6, 6.07) is 10.4. The van der Waals surface area contributed by atoms with Gasteiger partial charge in [0.25, 0.3) is 5.91 Å². The summed E-state index contributed by atoms with van der Waals surface area (Å²) in [7, 11) is 3.21. The molecule has 0 unspecified atom stereocenters. The number of hydrogen-bond donors (Lipinski definition) is 0. The predicted molar refractivity (Wildman–Crippen MR) is 97.8 cm³/mol. The van der Waals surface area contributed by atoms with Crippen LogP contribution >= 0.6 is 0 Å². The Kier molecular flexibility index (Phi) is 5.80. The molecule has 142 valence electrons. The van der Waals surface area contributed by atoms with Gasteiger partial charge >= 0.3 is 0 Å². The summed E-state index contributed by atoms with van der Waals surface area (Å²) in [6.07, 6.45) is 0.668. The van der Waals surface area contributed by atoms with E-state index in [2.05, 4.69) is 0 Å². The Morgan fingerprint density at radius 3 is 2.67 bits per heavy atom. The van der Waals surface area contributed by atoms with Gasteiger partial charge in [-0.25, -0.2) is 0 Å². The van der Waals surface area contributed by atoms with E-state index in [1.165, 1.54) is 7.11 Å². The SMILES string of the molecule is COc1ccc(OCC(=O)N(C)Cc2ccc3c(c2)OCCO3)c(C=O)c1. The van der Waals surface area contributed by atoms with Gasteiger partial charge in [0.05, 0.1) is 12.7 Å². The van der Waals surface area contributed by atoms with Crippen molar-refractivity contribution < 1.29 is 28.5 Å². The van der Waals surface area contributed by atoms with Gasteiger partial charge in [-0.15, -0.1) is 0 Å². The quantitative estimate of drug-likeness (QED) is 0.696. The Morgan fingerprint density at radius 2 is 1.93 bits per heavy atom. The molecule has 1 aliphatic heterocycles. The number of ether oxygens (including phenoxy) is 4. The van der Waals surface area contributed by atoms with Crippen molar-refractivity contribution in [2.75, 3.05) is 34.0 Å². The highest BCUT2D eigenvalue weighted by Gasteiger charge is 2.15. The third-order valence-electron chi connectivity index (χ3n) is 4.15. The summed E-state index contributed by atoms with van der Waals surface area (Å²) in [5.41, 5.74) is 1.25. The number of hydrogen-bond acceptors (Lipinski definition) is 6. The fraction of sp³-hybridized carbons (Fsp3) is 0.300. The fourth-order valence-electron chi connectivity index (χ4n) is 2.67. The first-order chi connectivity index (χ1) is 13.1. The van der Waals surface area contributed by atoms with E-state index in [0.717, 1.165) is 5.56 Å². The van der Waals surface area contributed by atoms with Crippen molar-refractivity contribution in [3.05, 3.63) is 47.5 Å². The molecule has 1 heterocycles. The highest BCUT2D eigenvalue weighted by Crippen LogP contribution is 2.31. The number of carbonyl (C=O) groups is 2. The van der Waals surface area contributed by atoms with Crippen LogP contribution in [0.1, 0.15) is 15.9 Å². The van der Waals surface area contributed by atoms with Crippen molar-refractivity contribution in [1.82, 2.24) is 4.90 Å². The summed E-state index contributed by atoms with van der Waals surface area (Å²) in [4.78, 5) is 25.1. The number of methoxy groups -OCH3 is 1. The number of likely N-dealkylation sites (N-methyl/N-ethyl adjacent to an activating group) is 1. The second kappa shape index (κ2) is 8.44. The van der Waals surface area contributed by atoms with Gasteiger partial charge in [-0.1, -0.05) is 6.07 Å². The molecule has 0 radical (unpaired) electrons. The highest BCUT2D eigenvalue weighted by atomic mass is 16.6. The molecule has 0 fully saturated rings. The maximum absolute atomic E-state index is 12.4. The molecule has 2 aromatic carbocycles. The predicted octanol–water partition coefficient (Wildman–Crippen LogP) is 2.32. The van der Waals surface area contributed by atoms with E-state index in [1.807, 2.05) is 18.2 Å². The molecule has 3 rings (SSSR count). The Morgan fingerprint density at radius 1 is 1.15 bits per heavy atom. The Balaban J connectivity index is 1.59. The van der Waals surface area contributed by atoms with Crippen molar-refractivity contribution >= 4 is 12.2 Å². The van der Waals surface area contributed by atoms with E-state index in [9.17, 15) is 9.59 Å². The maximum atomic E-state index is 12.4. The highest BCUT2D eigenvalue weighted by molar-refractivity contribution is 5.81. The van der Waals surface area contributed by atoms with Crippen LogP contribution in [0.2, 0.25) is 0 Å². The lowest BCUT2D eigenvalue weighted by Gasteiger charge is -2.21. The van der Waals surface area contributed by atoms with Crippen LogP contribution in [0.4, 0.5) is 0 Å². The summed E-state index contributed by atoms with van der Waals surface area (Å²) >= 11 is 0. The minimum atomic E-state index is -0.211. The molecule has 0 saturated carbocycles. The molecule has 1 amide bonds. The number of amides is 1. The maximum Gasteiger partial charge on any atom is 0.260 e. The van der Waals surface area contributed by atoms with Gasteiger partial charge in [-0.3, -0.25) is 9.59 Å². The average molecular weight is 371 g/mol. The lowest BCUT2D eigenvalue weighted by atomic mass is 10.2. The van der Waals surface area contributed by atoms with Gasteiger partial charge < -0.3 is 23.8 Å². The van der Waals surface area contributed by atoms with Gasteiger partial charge in [-0.05, 0) is 35.9 Å². The molecule has 7 nitrogen and oxygen atoms in total. The van der Waals surface area contributed by atoms with E-state index >= 15 is 0 Å². The second-order valence-electron chi connectivity index (χ2n) is 6.04. The fourth-order valence-corrected chi connectivity index (χ4v) is 2.67. The molecular weight excluding hydrogens is 350 g/mol. The zero-order valence-electron chi connectivity index (χ0n) is 15.3. The third kappa shape index (κ3) is 4.49. The standard InChI is InChI=1S/C20H21NO6/c1-21(11-14-3-5-18-19(9-14)26-8-7-25-18)20(23)13-27-17-6-4-16(24-2)10-15(17)12-22/h3-6,9-10,12H,7-8,11,13H2,1-2H3. The minimum absolute atomic E-state index is 0.172. The monoisotopic (exact) mass is 371 g/mol. The topological polar surface area (TPSA) is 74.3 Å². The number of benzene rings is 2. The molecule has 0 bridgehead atoms. The first-order valence-corrected chi connectivity index (χ1v) is 8.49.